The molecule has 0 unspecified atom stereocenters. The van der Waals surface area contributed by atoms with Crippen molar-refractivity contribution in [2.24, 2.45) is 0 Å². The molecule has 1 aliphatic carbocycles. The van der Waals surface area contributed by atoms with Gasteiger partial charge in [-0.05, 0) is 115 Å². The number of ether oxygens (including phenoxy) is 2. The van der Waals surface area contributed by atoms with Crippen LogP contribution in [0.2, 0.25) is 0 Å². The topological polar surface area (TPSA) is 52.6 Å². The molecule has 6 aromatic rings. The summed E-state index contributed by atoms with van der Waals surface area (Å²) >= 11 is 0. The zero-order valence-electron chi connectivity index (χ0n) is 26.2. The van der Waals surface area contributed by atoms with E-state index in [1.807, 2.05) is 12.1 Å². The Morgan fingerprint density at radius 1 is 0.478 bits per heavy atom. The van der Waals surface area contributed by atoms with Crippen molar-refractivity contribution in [2.45, 2.75) is 36.0 Å². The first-order valence-electron chi connectivity index (χ1n) is 15.3. The van der Waals surface area contributed by atoms with E-state index in [9.17, 15) is 8.42 Å². The minimum absolute atomic E-state index is 0.199. The van der Waals surface area contributed by atoms with Crippen LogP contribution >= 0.6 is 0 Å². The third-order valence-electron chi connectivity index (χ3n) is 8.96. The standard InChI is InChI=1S/C41H34O4S/c1-27-5-9-30(10-6-27)41(39-25-28(2)7-23-37(39)38-24-8-29(3)26-40(38)41)31-11-13-33(14-12-31)45-34-17-21-36(22-18-34)46(42,43)35-19-15-32(44-4)16-20-35/h5-26H,1-4H3. The molecule has 0 atom stereocenters. The van der Waals surface area contributed by atoms with Gasteiger partial charge >= 0.3 is 0 Å². The Labute approximate surface area is 270 Å². The first-order chi connectivity index (χ1) is 22.2. The fourth-order valence-corrected chi connectivity index (χ4v) is 7.89. The monoisotopic (exact) mass is 622 g/mol. The predicted octanol–water partition coefficient (Wildman–Crippen LogP) is 9.61. The normalized spacial score (nSPS) is 13.1. The second-order valence-corrected chi connectivity index (χ2v) is 13.9. The number of aryl methyl sites for hydroxylation is 3. The molecule has 0 aromatic heterocycles. The fraction of sp³-hybridized carbons (Fsp3) is 0.122. The summed E-state index contributed by atoms with van der Waals surface area (Å²) in [6.45, 7) is 6.42. The zero-order valence-corrected chi connectivity index (χ0v) is 27.1. The number of methoxy groups -OCH3 is 1. The summed E-state index contributed by atoms with van der Waals surface area (Å²) in [5, 5.41) is 0. The number of rotatable bonds is 7. The number of benzene rings is 6. The van der Waals surface area contributed by atoms with Gasteiger partial charge in [0.15, 0.2) is 0 Å². The van der Waals surface area contributed by atoms with Crippen molar-refractivity contribution in [1.82, 2.24) is 0 Å². The molecule has 6 aromatic carbocycles. The molecule has 0 fully saturated rings. The minimum atomic E-state index is -3.67. The number of hydrogen-bond donors (Lipinski definition) is 0. The Morgan fingerprint density at radius 2 is 0.870 bits per heavy atom. The third-order valence-corrected chi connectivity index (χ3v) is 10.7. The van der Waals surface area contributed by atoms with Crippen LogP contribution in [0.4, 0.5) is 0 Å². The predicted molar refractivity (Wildman–Crippen MR) is 183 cm³/mol. The average Bonchev–Trinajstić information content (AvgIpc) is 3.35. The zero-order chi connectivity index (χ0) is 32.1. The van der Waals surface area contributed by atoms with Crippen LogP contribution in [-0.4, -0.2) is 15.5 Å². The molecule has 0 heterocycles. The van der Waals surface area contributed by atoms with Crippen LogP contribution in [0.5, 0.6) is 17.2 Å². The maximum atomic E-state index is 13.2. The van der Waals surface area contributed by atoms with E-state index in [4.69, 9.17) is 9.47 Å². The van der Waals surface area contributed by atoms with E-state index in [-0.39, 0.29) is 9.79 Å². The molecule has 0 aliphatic heterocycles. The average molecular weight is 623 g/mol. The number of sulfone groups is 1. The van der Waals surface area contributed by atoms with Crippen molar-refractivity contribution in [3.63, 3.8) is 0 Å². The summed E-state index contributed by atoms with van der Waals surface area (Å²) in [5.41, 5.74) is 10.6. The van der Waals surface area contributed by atoms with Gasteiger partial charge in [0, 0.05) is 0 Å². The van der Waals surface area contributed by atoms with Crippen molar-refractivity contribution >= 4 is 9.84 Å². The molecule has 1 aliphatic rings. The summed E-state index contributed by atoms with van der Waals surface area (Å²) < 4.78 is 37.7. The fourth-order valence-electron chi connectivity index (χ4n) is 6.63. The van der Waals surface area contributed by atoms with Crippen LogP contribution in [0.1, 0.15) is 38.9 Å². The second kappa shape index (κ2) is 11.3. The lowest BCUT2D eigenvalue weighted by atomic mass is 9.67. The van der Waals surface area contributed by atoms with Gasteiger partial charge in [-0.2, -0.15) is 0 Å². The Hall–Kier alpha value is -5.13. The van der Waals surface area contributed by atoms with E-state index in [2.05, 4.69) is 93.6 Å². The van der Waals surface area contributed by atoms with Gasteiger partial charge in [0.25, 0.3) is 0 Å². The molecule has 5 heteroatoms. The summed E-state index contributed by atoms with van der Waals surface area (Å²) in [5.74, 6) is 1.82. The molecule has 0 saturated carbocycles. The van der Waals surface area contributed by atoms with Gasteiger partial charge in [-0.25, -0.2) is 8.42 Å². The summed E-state index contributed by atoms with van der Waals surface area (Å²) in [7, 11) is -2.12. The smallest absolute Gasteiger partial charge is 0.206 e. The van der Waals surface area contributed by atoms with Gasteiger partial charge in [0.1, 0.15) is 17.2 Å². The lowest BCUT2D eigenvalue weighted by Gasteiger charge is -2.34. The molecular weight excluding hydrogens is 589 g/mol. The second-order valence-electron chi connectivity index (χ2n) is 12.0. The maximum absolute atomic E-state index is 13.2. The Bertz CT molecular complexity index is 2110. The van der Waals surface area contributed by atoms with Crippen molar-refractivity contribution in [3.8, 4) is 28.4 Å². The van der Waals surface area contributed by atoms with Crippen LogP contribution in [0, 0.1) is 20.8 Å². The highest BCUT2D eigenvalue weighted by Crippen LogP contribution is 2.56. The number of hydrogen-bond acceptors (Lipinski definition) is 4. The van der Waals surface area contributed by atoms with Gasteiger partial charge in [-0.15, -0.1) is 0 Å². The van der Waals surface area contributed by atoms with Crippen molar-refractivity contribution in [1.29, 1.82) is 0 Å². The Balaban J connectivity index is 1.25. The summed E-state index contributed by atoms with van der Waals surface area (Å²) in [6.07, 6.45) is 0. The van der Waals surface area contributed by atoms with E-state index in [1.54, 1.807) is 55.6 Å². The molecule has 0 bridgehead atoms. The largest absolute Gasteiger partial charge is 0.497 e. The van der Waals surface area contributed by atoms with Gasteiger partial charge in [0.05, 0.1) is 22.3 Å². The Kier molecular flexibility index (Phi) is 7.29. The lowest BCUT2D eigenvalue weighted by molar-refractivity contribution is 0.414. The molecule has 0 radical (unpaired) electrons. The third kappa shape index (κ3) is 4.88. The highest BCUT2D eigenvalue weighted by Gasteiger charge is 2.46. The van der Waals surface area contributed by atoms with Gasteiger partial charge < -0.3 is 9.47 Å². The van der Waals surface area contributed by atoms with Crippen LogP contribution in [0.3, 0.4) is 0 Å². The molecule has 0 spiro atoms. The molecule has 4 nitrogen and oxygen atoms in total. The molecule has 228 valence electrons. The van der Waals surface area contributed by atoms with E-state index in [0.29, 0.717) is 17.2 Å². The number of fused-ring (bicyclic) bond motifs is 3. The first kappa shape index (κ1) is 29.6. The van der Waals surface area contributed by atoms with Gasteiger partial charge in [-0.1, -0.05) is 89.5 Å². The van der Waals surface area contributed by atoms with Crippen LogP contribution < -0.4 is 9.47 Å². The van der Waals surface area contributed by atoms with Crippen molar-refractivity contribution < 1.29 is 17.9 Å². The van der Waals surface area contributed by atoms with E-state index < -0.39 is 15.3 Å². The van der Waals surface area contributed by atoms with Crippen LogP contribution in [-0.2, 0) is 15.3 Å². The van der Waals surface area contributed by atoms with E-state index in [1.165, 1.54) is 44.5 Å². The maximum Gasteiger partial charge on any atom is 0.206 e. The first-order valence-corrected chi connectivity index (χ1v) is 16.8. The lowest BCUT2D eigenvalue weighted by Crippen LogP contribution is -2.28. The van der Waals surface area contributed by atoms with Gasteiger partial charge in [-0.3, -0.25) is 0 Å². The molecule has 46 heavy (non-hydrogen) atoms. The highest BCUT2D eigenvalue weighted by molar-refractivity contribution is 7.91. The van der Waals surface area contributed by atoms with Gasteiger partial charge in [0.2, 0.25) is 9.84 Å². The molecule has 7 rings (SSSR count). The molecule has 0 amide bonds. The molecule has 0 saturated heterocycles. The quantitative estimate of drug-likeness (QED) is 0.178. The molecule has 0 N–H and O–H groups in total. The van der Waals surface area contributed by atoms with E-state index >= 15 is 0 Å². The summed E-state index contributed by atoms with van der Waals surface area (Å²) in [4.78, 5) is 0.407. The SMILES string of the molecule is COc1ccc(S(=O)(=O)c2ccc(Oc3ccc(C4(c5ccc(C)cc5)c5cc(C)ccc5-c5ccc(C)cc54)cc3)cc2)cc1. The van der Waals surface area contributed by atoms with Crippen molar-refractivity contribution in [3.05, 3.63) is 172 Å². The van der Waals surface area contributed by atoms with E-state index in [0.717, 1.165) is 5.56 Å². The summed E-state index contributed by atoms with van der Waals surface area (Å²) in [6, 6.07) is 43.7. The Morgan fingerprint density at radius 3 is 1.33 bits per heavy atom. The minimum Gasteiger partial charge on any atom is -0.497 e. The highest BCUT2D eigenvalue weighted by atomic mass is 32.2. The van der Waals surface area contributed by atoms with Crippen LogP contribution in [0.15, 0.2) is 143 Å². The van der Waals surface area contributed by atoms with Crippen LogP contribution in [0.25, 0.3) is 11.1 Å². The van der Waals surface area contributed by atoms with Crippen molar-refractivity contribution in [2.75, 3.05) is 7.11 Å². The molecular formula is C41H34O4S.